The molecule has 1 saturated heterocycles. The molecule has 4 rings (SSSR count). The fourth-order valence-corrected chi connectivity index (χ4v) is 6.39. The van der Waals surface area contributed by atoms with Gasteiger partial charge in [-0.1, -0.05) is 59.8 Å². The molecule has 1 atom stereocenters. The Bertz CT molecular complexity index is 1170. The number of imidazole rings is 1. The van der Waals surface area contributed by atoms with Crippen molar-refractivity contribution in [3.05, 3.63) is 66.4 Å². The lowest BCUT2D eigenvalue weighted by Crippen LogP contribution is -2.38. The van der Waals surface area contributed by atoms with Crippen molar-refractivity contribution in [1.29, 1.82) is 0 Å². The molecule has 162 valence electrons. The average molecular weight is 456 g/mol. The average Bonchev–Trinajstić information content (AvgIpc) is 3.35. The third-order valence-corrected chi connectivity index (χ3v) is 8.25. The highest BCUT2D eigenvalue weighted by molar-refractivity contribution is 7.99. The van der Waals surface area contributed by atoms with Crippen molar-refractivity contribution in [3.8, 4) is 16.9 Å². The Hall–Kier alpha value is -2.58. The van der Waals surface area contributed by atoms with E-state index in [4.69, 9.17) is 0 Å². The summed E-state index contributed by atoms with van der Waals surface area (Å²) in [5.74, 6) is 0.313. The highest BCUT2D eigenvalue weighted by atomic mass is 32.2. The molecule has 1 fully saturated rings. The van der Waals surface area contributed by atoms with Crippen LogP contribution in [0.3, 0.4) is 0 Å². The Morgan fingerprint density at radius 2 is 1.87 bits per heavy atom. The van der Waals surface area contributed by atoms with Crippen LogP contribution in [-0.4, -0.2) is 59.1 Å². The molecule has 3 aromatic rings. The zero-order valence-corrected chi connectivity index (χ0v) is 19.2. The first kappa shape index (κ1) is 21.6. The maximum Gasteiger partial charge on any atom is 0.233 e. The van der Waals surface area contributed by atoms with Crippen molar-refractivity contribution in [2.45, 2.75) is 24.5 Å². The van der Waals surface area contributed by atoms with Gasteiger partial charge in [0.1, 0.15) is 0 Å². The van der Waals surface area contributed by atoms with Gasteiger partial charge in [0.2, 0.25) is 5.91 Å². The number of hydrogen-bond donors (Lipinski definition) is 0. The van der Waals surface area contributed by atoms with E-state index in [-0.39, 0.29) is 29.2 Å². The van der Waals surface area contributed by atoms with E-state index in [0.717, 1.165) is 22.1 Å². The molecular weight excluding hydrogens is 430 g/mol. The van der Waals surface area contributed by atoms with Crippen molar-refractivity contribution in [1.82, 2.24) is 14.5 Å². The Labute approximate surface area is 187 Å². The highest BCUT2D eigenvalue weighted by Gasteiger charge is 2.32. The predicted molar refractivity (Wildman–Crippen MR) is 124 cm³/mol. The lowest BCUT2D eigenvalue weighted by Gasteiger charge is -2.23. The van der Waals surface area contributed by atoms with Gasteiger partial charge in [-0.2, -0.15) is 0 Å². The first-order valence-corrected chi connectivity index (χ1v) is 12.9. The van der Waals surface area contributed by atoms with Crippen molar-refractivity contribution < 1.29 is 13.2 Å². The van der Waals surface area contributed by atoms with Gasteiger partial charge in [0.15, 0.2) is 15.0 Å². The third-order valence-electron chi connectivity index (χ3n) is 5.57. The van der Waals surface area contributed by atoms with Crippen LogP contribution in [0.2, 0.25) is 0 Å². The maximum absolute atomic E-state index is 12.7. The van der Waals surface area contributed by atoms with Gasteiger partial charge in [-0.25, -0.2) is 13.4 Å². The summed E-state index contributed by atoms with van der Waals surface area (Å²) in [6, 6.07) is 18.0. The topological polar surface area (TPSA) is 72.3 Å². The standard InChI is InChI=1S/C23H25N3O3S2/c1-17-8-10-18(11-9-17)21-14-24-23(26(21)19-6-4-3-5-7-19)30-15-22(27)25(2)20-12-13-31(28,29)16-20/h3-11,14,20H,12-13,15-16H2,1-2H3. The Kier molecular flexibility index (Phi) is 6.20. The minimum Gasteiger partial charge on any atom is -0.341 e. The Morgan fingerprint density at radius 1 is 1.16 bits per heavy atom. The van der Waals surface area contributed by atoms with Gasteiger partial charge in [0.25, 0.3) is 0 Å². The summed E-state index contributed by atoms with van der Waals surface area (Å²) in [6.07, 6.45) is 2.34. The van der Waals surface area contributed by atoms with Crippen LogP contribution in [0.1, 0.15) is 12.0 Å². The first-order chi connectivity index (χ1) is 14.8. The zero-order valence-electron chi connectivity index (χ0n) is 17.6. The molecule has 2 aromatic carbocycles. The van der Waals surface area contributed by atoms with E-state index >= 15 is 0 Å². The van der Waals surface area contributed by atoms with Crippen LogP contribution >= 0.6 is 11.8 Å². The lowest BCUT2D eigenvalue weighted by molar-refractivity contribution is -0.128. The number of thioether (sulfide) groups is 1. The van der Waals surface area contributed by atoms with Gasteiger partial charge in [-0.05, 0) is 25.5 Å². The minimum absolute atomic E-state index is 0.0517. The fraction of sp³-hybridized carbons (Fsp3) is 0.304. The van der Waals surface area contributed by atoms with Crippen molar-refractivity contribution in [2.24, 2.45) is 0 Å². The summed E-state index contributed by atoms with van der Waals surface area (Å²) >= 11 is 1.37. The van der Waals surface area contributed by atoms with E-state index in [1.165, 1.54) is 17.3 Å². The van der Waals surface area contributed by atoms with Crippen LogP contribution in [0.5, 0.6) is 0 Å². The molecule has 0 spiro atoms. The van der Waals surface area contributed by atoms with E-state index in [2.05, 4.69) is 40.7 Å². The van der Waals surface area contributed by atoms with E-state index in [1.54, 1.807) is 11.9 Å². The van der Waals surface area contributed by atoms with E-state index in [1.807, 2.05) is 36.5 Å². The van der Waals surface area contributed by atoms with E-state index in [9.17, 15) is 13.2 Å². The summed E-state index contributed by atoms with van der Waals surface area (Å²) in [4.78, 5) is 18.9. The van der Waals surface area contributed by atoms with Crippen molar-refractivity contribution >= 4 is 27.5 Å². The number of carbonyl (C=O) groups excluding carboxylic acids is 1. The molecule has 0 radical (unpaired) electrons. The molecule has 2 heterocycles. The molecule has 1 unspecified atom stereocenters. The summed E-state index contributed by atoms with van der Waals surface area (Å²) in [7, 11) is -1.34. The largest absolute Gasteiger partial charge is 0.341 e. The summed E-state index contributed by atoms with van der Waals surface area (Å²) in [6.45, 7) is 2.05. The quantitative estimate of drug-likeness (QED) is 0.531. The van der Waals surface area contributed by atoms with Crippen LogP contribution in [0, 0.1) is 6.92 Å². The first-order valence-electron chi connectivity index (χ1n) is 10.1. The monoisotopic (exact) mass is 455 g/mol. The molecule has 0 aliphatic carbocycles. The lowest BCUT2D eigenvalue weighted by atomic mass is 10.1. The summed E-state index contributed by atoms with van der Waals surface area (Å²) in [5.41, 5.74) is 4.16. The van der Waals surface area contributed by atoms with Crippen LogP contribution in [0.4, 0.5) is 0 Å². The molecule has 0 N–H and O–H groups in total. The number of rotatable bonds is 6. The molecule has 31 heavy (non-hydrogen) atoms. The van der Waals surface area contributed by atoms with E-state index in [0.29, 0.717) is 6.42 Å². The van der Waals surface area contributed by atoms with E-state index < -0.39 is 9.84 Å². The van der Waals surface area contributed by atoms with Gasteiger partial charge < -0.3 is 4.90 Å². The smallest absolute Gasteiger partial charge is 0.233 e. The van der Waals surface area contributed by atoms with Crippen LogP contribution in [0.25, 0.3) is 16.9 Å². The van der Waals surface area contributed by atoms with Crippen molar-refractivity contribution in [3.63, 3.8) is 0 Å². The predicted octanol–water partition coefficient (Wildman–Crippen LogP) is 3.59. The molecule has 1 amide bonds. The third kappa shape index (κ3) is 4.85. The van der Waals surface area contributed by atoms with Gasteiger partial charge in [-0.3, -0.25) is 9.36 Å². The Morgan fingerprint density at radius 3 is 2.52 bits per heavy atom. The number of amides is 1. The van der Waals surface area contributed by atoms with Crippen molar-refractivity contribution in [2.75, 3.05) is 24.3 Å². The van der Waals surface area contributed by atoms with Crippen LogP contribution < -0.4 is 0 Å². The number of aromatic nitrogens is 2. The van der Waals surface area contributed by atoms with Gasteiger partial charge in [0.05, 0.1) is 29.1 Å². The molecule has 8 heteroatoms. The molecular formula is C23H25N3O3S2. The number of aryl methyl sites for hydroxylation is 1. The summed E-state index contributed by atoms with van der Waals surface area (Å²) < 4.78 is 25.6. The van der Waals surface area contributed by atoms with Crippen LogP contribution in [0.15, 0.2) is 66.0 Å². The number of carbonyl (C=O) groups is 1. The molecule has 1 aromatic heterocycles. The van der Waals surface area contributed by atoms with Crippen LogP contribution in [-0.2, 0) is 14.6 Å². The molecule has 6 nitrogen and oxygen atoms in total. The summed E-state index contributed by atoms with van der Waals surface area (Å²) in [5, 5.41) is 0.725. The molecule has 1 aliphatic rings. The highest BCUT2D eigenvalue weighted by Crippen LogP contribution is 2.30. The molecule has 1 aliphatic heterocycles. The number of para-hydroxylation sites is 1. The number of benzene rings is 2. The maximum atomic E-state index is 12.7. The Balaban J connectivity index is 1.57. The zero-order chi connectivity index (χ0) is 22.0. The number of hydrogen-bond acceptors (Lipinski definition) is 5. The minimum atomic E-state index is -3.03. The normalized spacial score (nSPS) is 17.5. The SMILES string of the molecule is Cc1ccc(-c2cnc(SCC(=O)N(C)C3CCS(=O)(=O)C3)n2-c2ccccc2)cc1. The second-order valence-corrected chi connectivity index (χ2v) is 11.0. The van der Waals surface area contributed by atoms with Gasteiger partial charge >= 0.3 is 0 Å². The van der Waals surface area contributed by atoms with Gasteiger partial charge in [-0.15, -0.1) is 0 Å². The second kappa shape index (κ2) is 8.88. The molecule has 0 bridgehead atoms. The number of nitrogens with zero attached hydrogens (tertiary/aromatic N) is 3. The molecule has 0 saturated carbocycles. The number of sulfone groups is 1. The fourth-order valence-electron chi connectivity index (χ4n) is 3.70. The second-order valence-electron chi connectivity index (χ2n) is 7.81. The van der Waals surface area contributed by atoms with Gasteiger partial charge in [0, 0.05) is 24.3 Å².